The van der Waals surface area contributed by atoms with Crippen LogP contribution >= 0.6 is 15.9 Å². The largest absolute Gasteiger partial charge is 0.389 e. The highest BCUT2D eigenvalue weighted by atomic mass is 79.9. The topological polar surface area (TPSA) is 20.2 Å². The van der Waals surface area contributed by atoms with Crippen molar-refractivity contribution in [3.05, 3.63) is 35.4 Å². The Morgan fingerprint density at radius 2 is 1.59 bits per heavy atom. The van der Waals surface area contributed by atoms with Gasteiger partial charge >= 0.3 is 0 Å². The van der Waals surface area contributed by atoms with Gasteiger partial charge in [-0.25, -0.2) is 0 Å². The minimum atomic E-state index is -0.293. The lowest BCUT2D eigenvalue weighted by Gasteiger charge is -2.04. The van der Waals surface area contributed by atoms with Crippen LogP contribution in [0.4, 0.5) is 0 Å². The van der Waals surface area contributed by atoms with Gasteiger partial charge in [0, 0.05) is 0 Å². The summed E-state index contributed by atoms with van der Waals surface area (Å²) >= 11 is 3.19. The lowest BCUT2D eigenvalue weighted by molar-refractivity contribution is 0.208. The van der Waals surface area contributed by atoms with E-state index in [9.17, 15) is 5.11 Å². The molecule has 1 nitrogen and oxygen atoms in total. The Morgan fingerprint density at radius 1 is 0.941 bits per heavy atom. The second-order valence-electron chi connectivity index (χ2n) is 4.21. The third-order valence-corrected chi connectivity index (χ3v) is 2.90. The molecule has 0 aliphatic carbocycles. The number of rotatable bonds is 10. The summed E-state index contributed by atoms with van der Waals surface area (Å²) < 4.78 is 0. The highest BCUT2D eigenvalue weighted by Gasteiger charge is 1.97. The van der Waals surface area contributed by atoms with Gasteiger partial charge in [-0.1, -0.05) is 91.8 Å². The minimum Gasteiger partial charge on any atom is -0.389 e. The normalized spacial score (nSPS) is 14.3. The quantitative estimate of drug-likeness (QED) is 0.438. The molecule has 1 N–H and O–H groups in total. The first-order valence-corrected chi connectivity index (χ1v) is 7.51. The van der Waals surface area contributed by atoms with Crippen molar-refractivity contribution >= 4 is 15.9 Å². The molecule has 0 aromatic carbocycles. The molecule has 0 fully saturated rings. The molecule has 98 valence electrons. The number of halogens is 1. The van der Waals surface area contributed by atoms with Gasteiger partial charge in [0.05, 0.1) is 6.10 Å². The zero-order valence-electron chi connectivity index (χ0n) is 10.8. The highest BCUT2D eigenvalue weighted by Crippen LogP contribution is 2.09. The molecule has 0 spiro atoms. The Hall–Kier alpha value is -0.340. The third kappa shape index (κ3) is 13.6. The monoisotopic (exact) mass is 300 g/mol. The van der Waals surface area contributed by atoms with Crippen molar-refractivity contribution in [2.45, 2.75) is 58.0 Å². The molecule has 0 bridgehead atoms. The summed E-state index contributed by atoms with van der Waals surface area (Å²) in [4.78, 5) is 1.80. The first-order chi connectivity index (χ1) is 8.31. The molecule has 0 saturated heterocycles. The van der Waals surface area contributed by atoms with Gasteiger partial charge in [-0.3, -0.25) is 0 Å². The number of allylic oxidation sites excluding steroid dienone is 4. The lowest BCUT2D eigenvalue weighted by atomic mass is 10.1. The predicted molar refractivity (Wildman–Crippen MR) is 80.3 cm³/mol. The molecule has 0 amide bonds. The first-order valence-electron chi connectivity index (χ1n) is 6.59. The maximum absolute atomic E-state index is 9.66. The van der Waals surface area contributed by atoms with Gasteiger partial charge in [0.2, 0.25) is 0 Å². The van der Waals surface area contributed by atoms with Gasteiger partial charge in [-0.15, -0.1) is 0 Å². The molecule has 0 aromatic rings. The van der Waals surface area contributed by atoms with Crippen LogP contribution in [-0.2, 0) is 0 Å². The molecule has 1 unspecified atom stereocenters. The van der Waals surface area contributed by atoms with Crippen LogP contribution in [0.15, 0.2) is 35.4 Å². The molecule has 17 heavy (non-hydrogen) atoms. The molecule has 2 heteroatoms. The van der Waals surface area contributed by atoms with E-state index in [0.29, 0.717) is 0 Å². The van der Waals surface area contributed by atoms with Crippen molar-refractivity contribution in [1.29, 1.82) is 0 Å². The predicted octanol–water partition coefficient (Wildman–Crippen LogP) is 5.12. The van der Waals surface area contributed by atoms with Crippen LogP contribution in [-0.4, -0.2) is 11.2 Å². The Morgan fingerprint density at radius 3 is 2.29 bits per heavy atom. The van der Waals surface area contributed by atoms with E-state index in [2.05, 4.69) is 22.9 Å². The summed E-state index contributed by atoms with van der Waals surface area (Å²) in [7, 11) is 0. The Kier molecular flexibility index (Phi) is 13.4. The van der Waals surface area contributed by atoms with E-state index in [-0.39, 0.29) is 6.10 Å². The average Bonchev–Trinajstić information content (AvgIpc) is 2.33. The number of aliphatic hydroxyl groups excluding tert-OH is 1. The number of aliphatic hydroxyl groups is 1. The maximum atomic E-state index is 9.66. The second-order valence-corrected chi connectivity index (χ2v) is 4.74. The Bertz CT molecular complexity index is 231. The van der Waals surface area contributed by atoms with Crippen LogP contribution in [0.25, 0.3) is 0 Å². The fourth-order valence-corrected chi connectivity index (χ4v) is 1.77. The summed E-state index contributed by atoms with van der Waals surface area (Å²) in [5.74, 6) is 0. The van der Waals surface area contributed by atoms with E-state index in [4.69, 9.17) is 0 Å². The fraction of sp³-hybridized carbons (Fsp3) is 0.600. The third-order valence-electron chi connectivity index (χ3n) is 2.59. The molecule has 0 saturated carbocycles. The fourth-order valence-electron chi connectivity index (χ4n) is 1.59. The maximum Gasteiger partial charge on any atom is 0.0723 e. The van der Waals surface area contributed by atoms with Crippen molar-refractivity contribution in [2.75, 3.05) is 0 Å². The van der Waals surface area contributed by atoms with E-state index < -0.39 is 0 Å². The summed E-state index contributed by atoms with van der Waals surface area (Å²) in [6, 6.07) is 0. The molecular formula is C15H25BrO. The molecular weight excluding hydrogens is 276 g/mol. The summed E-state index contributed by atoms with van der Waals surface area (Å²) in [6.45, 7) is 2.23. The van der Waals surface area contributed by atoms with Gasteiger partial charge in [0.15, 0.2) is 0 Å². The molecule has 0 rings (SSSR count). The highest BCUT2D eigenvalue weighted by molar-refractivity contribution is 9.11. The van der Waals surface area contributed by atoms with E-state index in [1.807, 2.05) is 30.4 Å². The zero-order chi connectivity index (χ0) is 12.8. The smallest absolute Gasteiger partial charge is 0.0723 e. The van der Waals surface area contributed by atoms with Gasteiger partial charge in [-0.05, 0) is 11.4 Å². The zero-order valence-corrected chi connectivity index (χ0v) is 12.4. The van der Waals surface area contributed by atoms with Gasteiger partial charge in [0.1, 0.15) is 0 Å². The van der Waals surface area contributed by atoms with Crippen molar-refractivity contribution < 1.29 is 5.11 Å². The van der Waals surface area contributed by atoms with Crippen molar-refractivity contribution in [2.24, 2.45) is 0 Å². The van der Waals surface area contributed by atoms with E-state index in [1.54, 1.807) is 4.99 Å². The van der Waals surface area contributed by atoms with Crippen LogP contribution in [0.5, 0.6) is 0 Å². The standard InChI is InChI=1S/C15H25BrO/c1-2-3-4-5-6-9-12-15(17)13-10-7-8-11-14-16/h7-8,10-11,13-15,17H,2-6,9,12H2,1H3/b8-7+,13-10-,14-11+. The van der Waals surface area contributed by atoms with E-state index in [0.717, 1.165) is 12.8 Å². The molecule has 0 heterocycles. The number of hydrogen-bond acceptors (Lipinski definition) is 1. The molecule has 1 atom stereocenters. The Balaban J connectivity index is 3.42. The van der Waals surface area contributed by atoms with Crippen LogP contribution in [0.2, 0.25) is 0 Å². The average molecular weight is 301 g/mol. The van der Waals surface area contributed by atoms with Crippen LogP contribution in [0.1, 0.15) is 51.9 Å². The molecule has 0 aliphatic heterocycles. The van der Waals surface area contributed by atoms with Crippen LogP contribution in [0, 0.1) is 0 Å². The van der Waals surface area contributed by atoms with Crippen molar-refractivity contribution in [1.82, 2.24) is 0 Å². The molecule has 0 aliphatic rings. The second kappa shape index (κ2) is 13.7. The SMILES string of the molecule is CCCCCCCCC(O)\C=C/C=C/C=C/Br. The van der Waals surface area contributed by atoms with E-state index >= 15 is 0 Å². The summed E-state index contributed by atoms with van der Waals surface area (Å²) in [5.41, 5.74) is 0. The van der Waals surface area contributed by atoms with Crippen molar-refractivity contribution in [3.63, 3.8) is 0 Å². The Labute approximate surface area is 114 Å². The van der Waals surface area contributed by atoms with Gasteiger partial charge in [-0.2, -0.15) is 0 Å². The minimum absolute atomic E-state index is 0.293. The summed E-state index contributed by atoms with van der Waals surface area (Å²) in [5, 5.41) is 9.66. The van der Waals surface area contributed by atoms with E-state index in [1.165, 1.54) is 32.1 Å². The molecule has 0 aromatic heterocycles. The lowest BCUT2D eigenvalue weighted by Crippen LogP contribution is -2.01. The van der Waals surface area contributed by atoms with Crippen LogP contribution < -0.4 is 0 Å². The van der Waals surface area contributed by atoms with Crippen LogP contribution in [0.3, 0.4) is 0 Å². The van der Waals surface area contributed by atoms with Gasteiger partial charge in [0.25, 0.3) is 0 Å². The number of hydrogen-bond donors (Lipinski definition) is 1. The van der Waals surface area contributed by atoms with Gasteiger partial charge < -0.3 is 5.11 Å². The van der Waals surface area contributed by atoms with Crippen molar-refractivity contribution in [3.8, 4) is 0 Å². The summed E-state index contributed by atoms with van der Waals surface area (Å²) in [6.07, 6.45) is 17.7. The number of unbranched alkanes of at least 4 members (excludes halogenated alkanes) is 5. The first kappa shape index (κ1) is 16.7. The molecule has 0 radical (unpaired) electrons.